The monoisotopic (exact) mass is 388 g/mol. The molecule has 0 radical (unpaired) electrons. The maximum atomic E-state index is 12.8. The number of hydrogen-bond acceptors (Lipinski definition) is 6. The molecule has 0 saturated heterocycles. The number of fused-ring (bicyclic) bond motifs is 1. The zero-order chi connectivity index (χ0) is 18.7. The van der Waals surface area contributed by atoms with E-state index >= 15 is 0 Å². The van der Waals surface area contributed by atoms with Crippen LogP contribution in [-0.4, -0.2) is 34.8 Å². The number of rotatable bonds is 7. The van der Waals surface area contributed by atoms with Crippen molar-refractivity contribution in [3.05, 3.63) is 56.0 Å². The maximum absolute atomic E-state index is 12.8. The van der Waals surface area contributed by atoms with Gasteiger partial charge in [0.05, 0.1) is 29.8 Å². The largest absolute Gasteiger partial charge is 0.383 e. The summed E-state index contributed by atoms with van der Waals surface area (Å²) in [7, 11) is 1.59. The predicted molar refractivity (Wildman–Crippen MR) is 107 cm³/mol. The minimum Gasteiger partial charge on any atom is -0.383 e. The fourth-order valence-electron chi connectivity index (χ4n) is 2.75. The SMILES string of the molecule is COCCn1c(SCC(=O)c2cc(C)sc2C)nc2ccccc2c1=O. The first kappa shape index (κ1) is 18.8. The Hall–Kier alpha value is -1.96. The van der Waals surface area contributed by atoms with Crippen molar-refractivity contribution in [2.45, 2.75) is 25.5 Å². The average molecular weight is 389 g/mol. The third-order valence-electron chi connectivity index (χ3n) is 4.02. The number of thiophene rings is 1. The smallest absolute Gasteiger partial charge is 0.262 e. The third kappa shape index (κ3) is 3.90. The molecule has 0 spiro atoms. The lowest BCUT2D eigenvalue weighted by atomic mass is 10.2. The van der Waals surface area contributed by atoms with E-state index in [1.165, 1.54) is 11.8 Å². The lowest BCUT2D eigenvalue weighted by molar-refractivity contribution is 0.102. The molecule has 0 aliphatic carbocycles. The van der Waals surface area contributed by atoms with Crippen LogP contribution >= 0.6 is 23.1 Å². The number of thioether (sulfide) groups is 1. The van der Waals surface area contributed by atoms with E-state index < -0.39 is 0 Å². The molecule has 2 heterocycles. The van der Waals surface area contributed by atoms with Gasteiger partial charge in [0.2, 0.25) is 0 Å². The van der Waals surface area contributed by atoms with Gasteiger partial charge in [-0.3, -0.25) is 14.2 Å². The molecule has 7 heteroatoms. The van der Waals surface area contributed by atoms with Gasteiger partial charge in [-0.25, -0.2) is 4.98 Å². The zero-order valence-corrected chi connectivity index (χ0v) is 16.6. The van der Waals surface area contributed by atoms with E-state index in [-0.39, 0.29) is 17.1 Å². The molecule has 0 bridgehead atoms. The standard InChI is InChI=1S/C19H20N2O3S2/c1-12-10-15(13(2)26-12)17(22)11-25-19-20-16-7-5-4-6-14(16)18(23)21(19)8-9-24-3/h4-7,10H,8-9,11H2,1-3H3. The number of hydrogen-bond donors (Lipinski definition) is 0. The third-order valence-corrected chi connectivity index (χ3v) is 5.96. The van der Waals surface area contributed by atoms with Crippen LogP contribution in [0.4, 0.5) is 0 Å². The van der Waals surface area contributed by atoms with E-state index in [1.807, 2.05) is 38.1 Å². The van der Waals surface area contributed by atoms with Gasteiger partial charge in [-0.05, 0) is 32.0 Å². The van der Waals surface area contributed by atoms with Gasteiger partial charge in [-0.2, -0.15) is 0 Å². The number of aryl methyl sites for hydroxylation is 2. The number of nitrogens with zero attached hydrogens (tertiary/aromatic N) is 2. The number of methoxy groups -OCH3 is 1. The predicted octanol–water partition coefficient (Wildman–Crippen LogP) is 3.70. The zero-order valence-electron chi connectivity index (χ0n) is 14.9. The molecule has 0 aliphatic rings. The normalized spacial score (nSPS) is 11.2. The van der Waals surface area contributed by atoms with Crippen LogP contribution in [0.15, 0.2) is 40.3 Å². The van der Waals surface area contributed by atoms with Crippen LogP contribution in [0.25, 0.3) is 10.9 Å². The quantitative estimate of drug-likeness (QED) is 0.351. The molecule has 0 amide bonds. The van der Waals surface area contributed by atoms with E-state index in [1.54, 1.807) is 29.1 Å². The van der Waals surface area contributed by atoms with Crippen LogP contribution in [0.5, 0.6) is 0 Å². The Morgan fingerprint density at radius 2 is 2.08 bits per heavy atom. The first-order chi connectivity index (χ1) is 12.5. The molecule has 0 unspecified atom stereocenters. The Morgan fingerprint density at radius 1 is 1.31 bits per heavy atom. The fraction of sp³-hybridized carbons (Fsp3) is 0.316. The number of carbonyl (C=O) groups excluding carboxylic acids is 1. The van der Waals surface area contributed by atoms with Crippen LogP contribution in [0.3, 0.4) is 0 Å². The van der Waals surface area contributed by atoms with E-state index in [4.69, 9.17) is 4.74 Å². The minimum absolute atomic E-state index is 0.0533. The Labute approximate surface area is 160 Å². The van der Waals surface area contributed by atoms with Crippen LogP contribution in [0.2, 0.25) is 0 Å². The second-order valence-corrected chi connectivity index (χ2v) is 8.30. The summed E-state index contributed by atoms with van der Waals surface area (Å²) in [4.78, 5) is 32.1. The lowest BCUT2D eigenvalue weighted by Gasteiger charge is -2.12. The van der Waals surface area contributed by atoms with Crippen LogP contribution in [0.1, 0.15) is 20.1 Å². The van der Waals surface area contributed by atoms with Crippen molar-refractivity contribution < 1.29 is 9.53 Å². The molecule has 3 rings (SSSR count). The Bertz CT molecular complexity index is 1010. The van der Waals surface area contributed by atoms with Gasteiger partial charge in [0.1, 0.15) is 0 Å². The highest BCUT2D eigenvalue weighted by Crippen LogP contribution is 2.24. The number of Topliss-reactive ketones (excluding diaryl/α,β-unsaturated/α-hetero) is 1. The summed E-state index contributed by atoms with van der Waals surface area (Å²) in [6, 6.07) is 9.19. The molecule has 2 aromatic heterocycles. The van der Waals surface area contributed by atoms with Gasteiger partial charge in [0.15, 0.2) is 10.9 Å². The highest BCUT2D eigenvalue weighted by molar-refractivity contribution is 7.99. The summed E-state index contributed by atoms with van der Waals surface area (Å²) < 4.78 is 6.71. The topological polar surface area (TPSA) is 61.2 Å². The number of aromatic nitrogens is 2. The van der Waals surface area contributed by atoms with Crippen molar-refractivity contribution in [3.63, 3.8) is 0 Å². The molecular formula is C19H20N2O3S2. The van der Waals surface area contributed by atoms with Gasteiger partial charge >= 0.3 is 0 Å². The summed E-state index contributed by atoms with van der Waals surface area (Å²) in [6.07, 6.45) is 0. The summed E-state index contributed by atoms with van der Waals surface area (Å²) in [6.45, 7) is 4.76. The summed E-state index contributed by atoms with van der Waals surface area (Å²) in [5.74, 6) is 0.298. The fourth-order valence-corrected chi connectivity index (χ4v) is 4.60. The molecule has 26 heavy (non-hydrogen) atoms. The van der Waals surface area contributed by atoms with E-state index in [9.17, 15) is 9.59 Å². The Kier molecular flexibility index (Phi) is 5.90. The lowest BCUT2D eigenvalue weighted by Crippen LogP contribution is -2.25. The van der Waals surface area contributed by atoms with Crippen molar-refractivity contribution in [3.8, 4) is 0 Å². The second-order valence-electron chi connectivity index (χ2n) is 5.90. The number of carbonyl (C=O) groups is 1. The summed E-state index contributed by atoms with van der Waals surface area (Å²) in [5.41, 5.74) is 1.29. The van der Waals surface area contributed by atoms with E-state index in [0.717, 1.165) is 15.3 Å². The Morgan fingerprint density at radius 3 is 2.77 bits per heavy atom. The summed E-state index contributed by atoms with van der Waals surface area (Å²) in [5, 5.41) is 1.12. The Balaban J connectivity index is 1.91. The van der Waals surface area contributed by atoms with Crippen LogP contribution < -0.4 is 5.56 Å². The number of benzene rings is 1. The van der Waals surface area contributed by atoms with E-state index in [2.05, 4.69) is 4.98 Å². The molecule has 0 fully saturated rings. The number of ether oxygens (including phenoxy) is 1. The van der Waals surface area contributed by atoms with Crippen molar-refractivity contribution in [1.82, 2.24) is 9.55 Å². The first-order valence-corrected chi connectivity index (χ1v) is 10.0. The molecule has 3 aromatic rings. The molecule has 0 N–H and O–H groups in total. The van der Waals surface area contributed by atoms with Gasteiger partial charge in [0, 0.05) is 22.4 Å². The van der Waals surface area contributed by atoms with Crippen molar-refractivity contribution in [1.29, 1.82) is 0 Å². The van der Waals surface area contributed by atoms with Crippen molar-refractivity contribution >= 4 is 39.8 Å². The molecule has 0 aliphatic heterocycles. The maximum Gasteiger partial charge on any atom is 0.262 e. The minimum atomic E-state index is -0.106. The molecule has 0 atom stereocenters. The molecule has 5 nitrogen and oxygen atoms in total. The van der Waals surface area contributed by atoms with E-state index in [0.29, 0.717) is 29.2 Å². The highest BCUT2D eigenvalue weighted by atomic mass is 32.2. The molecule has 0 saturated carbocycles. The highest BCUT2D eigenvalue weighted by Gasteiger charge is 2.16. The number of para-hydroxylation sites is 1. The van der Waals surface area contributed by atoms with Gasteiger partial charge < -0.3 is 4.74 Å². The van der Waals surface area contributed by atoms with Crippen molar-refractivity contribution in [2.75, 3.05) is 19.5 Å². The van der Waals surface area contributed by atoms with Crippen LogP contribution in [0, 0.1) is 13.8 Å². The van der Waals surface area contributed by atoms with Crippen LogP contribution in [-0.2, 0) is 11.3 Å². The van der Waals surface area contributed by atoms with Gasteiger partial charge in [0.25, 0.3) is 5.56 Å². The first-order valence-electron chi connectivity index (χ1n) is 8.23. The molecule has 1 aromatic carbocycles. The molecule has 136 valence electrons. The second kappa shape index (κ2) is 8.16. The number of ketones is 1. The average Bonchev–Trinajstić information content (AvgIpc) is 2.97. The van der Waals surface area contributed by atoms with Gasteiger partial charge in [-0.15, -0.1) is 11.3 Å². The van der Waals surface area contributed by atoms with Gasteiger partial charge in [-0.1, -0.05) is 23.9 Å². The molecular weight excluding hydrogens is 368 g/mol. The van der Waals surface area contributed by atoms with Crippen molar-refractivity contribution in [2.24, 2.45) is 0 Å². The summed E-state index contributed by atoms with van der Waals surface area (Å²) >= 11 is 2.92.